The molecule has 1 saturated carbocycles. The van der Waals surface area contributed by atoms with Crippen molar-refractivity contribution < 1.29 is 23.8 Å². The normalized spacial score (nSPS) is 14.4. The Bertz CT molecular complexity index is 989. The molecule has 0 unspecified atom stereocenters. The Balaban J connectivity index is 1.77. The number of hydrogen-bond donors (Lipinski definition) is 1. The zero-order chi connectivity index (χ0) is 24.7. The van der Waals surface area contributed by atoms with E-state index < -0.39 is 6.04 Å². The molecule has 1 fully saturated rings. The van der Waals surface area contributed by atoms with Crippen LogP contribution in [0.4, 0.5) is 0 Å². The number of nitrogens with zero attached hydrogens (tertiary/aromatic N) is 1. The van der Waals surface area contributed by atoms with E-state index in [1.54, 1.807) is 43.3 Å². The standard InChI is InChI=1S/C25H30Cl2N2O5/c1-16(25(31)28-19-6-4-5-7-19)29(14-17-8-9-18(26)10-23(17)27)24(30)15-34-22-12-20(32-2)11-21(13-22)33-3/h8-13,16,19H,4-7,14-15H2,1-3H3,(H,28,31)/t16-/m1/s1. The van der Waals surface area contributed by atoms with Crippen LogP contribution in [0.5, 0.6) is 17.2 Å². The maximum absolute atomic E-state index is 13.3. The van der Waals surface area contributed by atoms with Crippen LogP contribution < -0.4 is 19.5 Å². The molecule has 1 atom stereocenters. The van der Waals surface area contributed by atoms with E-state index in [9.17, 15) is 9.59 Å². The number of carbonyl (C=O) groups excluding carboxylic acids is 2. The molecular weight excluding hydrogens is 479 g/mol. The molecule has 1 aliphatic rings. The van der Waals surface area contributed by atoms with E-state index in [1.807, 2.05) is 0 Å². The first-order valence-corrected chi connectivity index (χ1v) is 12.0. The van der Waals surface area contributed by atoms with Gasteiger partial charge in [-0.1, -0.05) is 42.1 Å². The molecule has 2 aromatic rings. The quantitative estimate of drug-likeness (QED) is 0.495. The number of halogens is 2. The van der Waals surface area contributed by atoms with Crippen LogP contribution in [-0.2, 0) is 16.1 Å². The number of amides is 2. The lowest BCUT2D eigenvalue weighted by molar-refractivity contribution is -0.142. The maximum atomic E-state index is 13.3. The van der Waals surface area contributed by atoms with Crippen LogP contribution in [0.3, 0.4) is 0 Å². The van der Waals surface area contributed by atoms with Gasteiger partial charge in [-0.05, 0) is 37.5 Å². The van der Waals surface area contributed by atoms with Gasteiger partial charge in [0.2, 0.25) is 5.91 Å². The van der Waals surface area contributed by atoms with Gasteiger partial charge in [0.25, 0.3) is 5.91 Å². The smallest absolute Gasteiger partial charge is 0.261 e. The first-order chi connectivity index (χ1) is 16.3. The van der Waals surface area contributed by atoms with E-state index in [2.05, 4.69) is 5.32 Å². The van der Waals surface area contributed by atoms with E-state index in [0.29, 0.717) is 32.9 Å². The Labute approximate surface area is 210 Å². The summed E-state index contributed by atoms with van der Waals surface area (Å²) >= 11 is 12.4. The lowest BCUT2D eigenvalue weighted by Gasteiger charge is -2.30. The number of ether oxygens (including phenoxy) is 3. The fourth-order valence-electron chi connectivity index (χ4n) is 3.90. The summed E-state index contributed by atoms with van der Waals surface area (Å²) in [6, 6.07) is 9.52. The first-order valence-electron chi connectivity index (χ1n) is 11.2. The number of rotatable bonds is 10. The van der Waals surface area contributed by atoms with Crippen molar-refractivity contribution in [3.8, 4) is 17.2 Å². The van der Waals surface area contributed by atoms with Gasteiger partial charge in [0.15, 0.2) is 6.61 Å². The van der Waals surface area contributed by atoms with E-state index in [1.165, 1.54) is 19.1 Å². The Kier molecular flexibility index (Phi) is 9.30. The number of carbonyl (C=O) groups is 2. The predicted octanol–water partition coefficient (Wildman–Crippen LogP) is 4.87. The van der Waals surface area contributed by atoms with Crippen molar-refractivity contribution in [2.75, 3.05) is 20.8 Å². The number of nitrogens with one attached hydrogen (secondary N) is 1. The average Bonchev–Trinajstić information content (AvgIpc) is 3.34. The summed E-state index contributed by atoms with van der Waals surface area (Å²) in [5, 5.41) is 3.98. The molecule has 0 spiro atoms. The van der Waals surface area contributed by atoms with E-state index in [0.717, 1.165) is 25.7 Å². The summed E-state index contributed by atoms with van der Waals surface area (Å²) in [6.45, 7) is 1.57. The molecule has 0 saturated heterocycles. The second-order valence-electron chi connectivity index (χ2n) is 8.26. The van der Waals surface area contributed by atoms with E-state index >= 15 is 0 Å². The Morgan fingerprint density at radius 1 is 1.03 bits per heavy atom. The third-order valence-corrected chi connectivity index (χ3v) is 6.50. The van der Waals surface area contributed by atoms with E-state index in [-0.39, 0.29) is 31.0 Å². The zero-order valence-electron chi connectivity index (χ0n) is 19.6. The van der Waals surface area contributed by atoms with Gasteiger partial charge in [0.05, 0.1) is 14.2 Å². The van der Waals surface area contributed by atoms with Crippen LogP contribution in [0.1, 0.15) is 38.2 Å². The van der Waals surface area contributed by atoms with Crippen LogP contribution in [0.25, 0.3) is 0 Å². The molecule has 9 heteroatoms. The van der Waals surface area contributed by atoms with Crippen molar-refractivity contribution in [2.45, 2.75) is 51.2 Å². The van der Waals surface area contributed by atoms with Gasteiger partial charge < -0.3 is 24.4 Å². The van der Waals surface area contributed by atoms with Crippen molar-refractivity contribution in [1.82, 2.24) is 10.2 Å². The van der Waals surface area contributed by atoms with Crippen molar-refractivity contribution in [3.05, 3.63) is 52.0 Å². The average molecular weight is 509 g/mol. The lowest BCUT2D eigenvalue weighted by atomic mass is 10.1. The molecule has 1 N–H and O–H groups in total. The lowest BCUT2D eigenvalue weighted by Crippen LogP contribution is -2.50. The van der Waals surface area contributed by atoms with Gasteiger partial charge in [-0.2, -0.15) is 0 Å². The Morgan fingerprint density at radius 3 is 2.24 bits per heavy atom. The molecule has 184 valence electrons. The highest BCUT2D eigenvalue weighted by Crippen LogP contribution is 2.28. The van der Waals surface area contributed by atoms with Crippen LogP contribution in [0.15, 0.2) is 36.4 Å². The molecule has 3 rings (SSSR count). The Hall–Kier alpha value is -2.64. The molecule has 7 nitrogen and oxygen atoms in total. The highest BCUT2D eigenvalue weighted by atomic mass is 35.5. The minimum Gasteiger partial charge on any atom is -0.496 e. The third kappa shape index (κ3) is 6.93. The van der Waals surface area contributed by atoms with E-state index in [4.69, 9.17) is 37.4 Å². The summed E-state index contributed by atoms with van der Waals surface area (Å²) in [6.07, 6.45) is 4.10. The molecule has 2 aromatic carbocycles. The maximum Gasteiger partial charge on any atom is 0.261 e. The summed E-state index contributed by atoms with van der Waals surface area (Å²) < 4.78 is 16.3. The molecular formula is C25H30Cl2N2O5. The van der Waals surface area contributed by atoms with Crippen molar-refractivity contribution in [3.63, 3.8) is 0 Å². The monoisotopic (exact) mass is 508 g/mol. The number of methoxy groups -OCH3 is 2. The van der Waals surface area contributed by atoms with Crippen LogP contribution in [-0.4, -0.2) is 49.6 Å². The minimum atomic E-state index is -0.719. The molecule has 0 heterocycles. The number of hydrogen-bond acceptors (Lipinski definition) is 5. The fraction of sp³-hybridized carbons (Fsp3) is 0.440. The Morgan fingerprint density at radius 2 is 1.65 bits per heavy atom. The summed E-state index contributed by atoms with van der Waals surface area (Å²) in [7, 11) is 3.07. The van der Waals surface area contributed by atoms with Gasteiger partial charge >= 0.3 is 0 Å². The van der Waals surface area contributed by atoms with Crippen molar-refractivity contribution >= 4 is 35.0 Å². The third-order valence-electron chi connectivity index (χ3n) is 5.91. The minimum absolute atomic E-state index is 0.138. The summed E-state index contributed by atoms with van der Waals surface area (Å²) in [5.74, 6) is 0.930. The largest absolute Gasteiger partial charge is 0.496 e. The van der Waals surface area contributed by atoms with Crippen LogP contribution >= 0.6 is 23.2 Å². The molecule has 0 bridgehead atoms. The van der Waals surface area contributed by atoms with Crippen molar-refractivity contribution in [1.29, 1.82) is 0 Å². The second-order valence-corrected chi connectivity index (χ2v) is 9.10. The fourth-order valence-corrected chi connectivity index (χ4v) is 4.37. The second kappa shape index (κ2) is 12.2. The van der Waals surface area contributed by atoms with Gasteiger partial charge in [0.1, 0.15) is 23.3 Å². The molecule has 0 aromatic heterocycles. The molecule has 34 heavy (non-hydrogen) atoms. The molecule has 1 aliphatic carbocycles. The highest BCUT2D eigenvalue weighted by Gasteiger charge is 2.29. The van der Waals surface area contributed by atoms with Gasteiger partial charge in [0, 0.05) is 40.8 Å². The van der Waals surface area contributed by atoms with Crippen LogP contribution in [0, 0.1) is 0 Å². The van der Waals surface area contributed by atoms with Gasteiger partial charge in [-0.15, -0.1) is 0 Å². The van der Waals surface area contributed by atoms with Crippen LogP contribution in [0.2, 0.25) is 10.0 Å². The summed E-state index contributed by atoms with van der Waals surface area (Å²) in [4.78, 5) is 27.7. The molecule has 2 amide bonds. The molecule has 0 radical (unpaired) electrons. The van der Waals surface area contributed by atoms with Gasteiger partial charge in [-0.3, -0.25) is 9.59 Å². The predicted molar refractivity (Wildman–Crippen MR) is 132 cm³/mol. The first kappa shape index (κ1) is 26.0. The SMILES string of the molecule is COc1cc(OC)cc(OCC(=O)N(Cc2ccc(Cl)cc2Cl)[C@H](C)C(=O)NC2CCCC2)c1. The summed E-state index contributed by atoms with van der Waals surface area (Å²) in [5.41, 5.74) is 0.683. The van der Waals surface area contributed by atoms with Crippen molar-refractivity contribution in [2.24, 2.45) is 0 Å². The zero-order valence-corrected chi connectivity index (χ0v) is 21.1. The van der Waals surface area contributed by atoms with Gasteiger partial charge in [-0.25, -0.2) is 0 Å². The topological polar surface area (TPSA) is 77.1 Å². The number of benzene rings is 2. The highest BCUT2D eigenvalue weighted by molar-refractivity contribution is 6.35. The molecule has 0 aliphatic heterocycles.